The van der Waals surface area contributed by atoms with Gasteiger partial charge in [0.15, 0.2) is 0 Å². The van der Waals surface area contributed by atoms with Gasteiger partial charge < -0.3 is 8.98 Å². The zero-order valence-electron chi connectivity index (χ0n) is 34.3. The molecule has 0 saturated heterocycles. The number of aromatic nitrogens is 2. The minimum absolute atomic E-state index is 0.531. The van der Waals surface area contributed by atoms with Gasteiger partial charge >= 0.3 is 0 Å². The van der Waals surface area contributed by atoms with Gasteiger partial charge in [0.05, 0.1) is 33.5 Å². The summed E-state index contributed by atoms with van der Waals surface area (Å²) in [6, 6.07) is 73.1. The van der Waals surface area contributed by atoms with Crippen LogP contribution in [0.1, 0.15) is 40.7 Å². The topological polar surface area (TPSA) is 31.0 Å². The molecule has 8 aromatic carbocycles. The van der Waals surface area contributed by atoms with Gasteiger partial charge in [0, 0.05) is 32.7 Å². The highest BCUT2D eigenvalue weighted by Crippen LogP contribution is 2.64. The third-order valence-electron chi connectivity index (χ3n) is 14.2. The van der Waals surface area contributed by atoms with Crippen LogP contribution in [0.15, 0.2) is 216 Å². The number of rotatable bonds is 4. The summed E-state index contributed by atoms with van der Waals surface area (Å²) < 4.78 is 9.01. The molecule has 0 bridgehead atoms. The van der Waals surface area contributed by atoms with Crippen LogP contribution in [0.3, 0.4) is 0 Å². The Morgan fingerprint density at radius 3 is 2.02 bits per heavy atom. The fourth-order valence-corrected chi connectivity index (χ4v) is 11.7. The maximum Gasteiger partial charge on any atom is 0.136 e. The summed E-state index contributed by atoms with van der Waals surface area (Å²) >= 11 is 0. The molecule has 0 saturated carbocycles. The molecule has 3 heteroatoms. The summed E-state index contributed by atoms with van der Waals surface area (Å²) in [5.41, 5.74) is 22.2. The maximum absolute atomic E-state index is 6.47. The molecular formula is C60H38N2O. The van der Waals surface area contributed by atoms with E-state index in [1.165, 1.54) is 83.0 Å². The lowest BCUT2D eigenvalue weighted by Crippen LogP contribution is -2.35. The van der Waals surface area contributed by atoms with Gasteiger partial charge in [-0.25, -0.2) is 4.98 Å². The van der Waals surface area contributed by atoms with Gasteiger partial charge in [0.25, 0.3) is 0 Å². The minimum atomic E-state index is -0.531. The Kier molecular flexibility index (Phi) is 7.16. The molecule has 0 N–H and O–H groups in total. The van der Waals surface area contributed by atoms with E-state index in [0.717, 1.165) is 57.5 Å². The number of hydrogen-bond donors (Lipinski definition) is 0. The summed E-state index contributed by atoms with van der Waals surface area (Å²) in [5.74, 6) is 0. The first kappa shape index (κ1) is 34.7. The highest BCUT2D eigenvalue weighted by atomic mass is 16.3. The second-order valence-electron chi connectivity index (χ2n) is 17.2. The average Bonchev–Trinajstić information content (AvgIpc) is 4.01. The van der Waals surface area contributed by atoms with E-state index in [0.29, 0.717) is 0 Å². The van der Waals surface area contributed by atoms with Crippen molar-refractivity contribution in [2.45, 2.75) is 18.3 Å². The van der Waals surface area contributed by atoms with Crippen molar-refractivity contribution in [2.24, 2.45) is 0 Å². The second kappa shape index (κ2) is 13.0. The fourth-order valence-electron chi connectivity index (χ4n) is 11.7. The number of furan rings is 1. The first-order valence-electron chi connectivity index (χ1n) is 22.0. The second-order valence-corrected chi connectivity index (χ2v) is 17.2. The van der Waals surface area contributed by atoms with Gasteiger partial charge in [0.2, 0.25) is 0 Å². The highest BCUT2D eigenvalue weighted by molar-refractivity contribution is 6.15. The molecular weight excluding hydrogens is 765 g/mol. The first-order chi connectivity index (χ1) is 31.3. The molecule has 1 aliphatic heterocycles. The highest BCUT2D eigenvalue weighted by Gasteiger charge is 2.53. The van der Waals surface area contributed by atoms with Crippen LogP contribution in [0.5, 0.6) is 0 Å². The normalized spacial score (nSPS) is 16.2. The minimum Gasteiger partial charge on any atom is -0.456 e. The molecule has 0 amide bonds. The summed E-state index contributed by atoms with van der Waals surface area (Å²) in [4.78, 5) is 5.58. The maximum atomic E-state index is 6.47. The number of benzene rings is 8. The summed E-state index contributed by atoms with van der Waals surface area (Å²) in [5, 5.41) is 4.92. The molecule has 11 aromatic rings. The van der Waals surface area contributed by atoms with Crippen LogP contribution in [0.4, 0.5) is 0 Å². The van der Waals surface area contributed by atoms with Crippen molar-refractivity contribution in [3.05, 3.63) is 240 Å². The molecule has 3 aromatic heterocycles. The molecule has 1 spiro atoms. The van der Waals surface area contributed by atoms with Crippen LogP contribution in [-0.4, -0.2) is 9.55 Å². The summed E-state index contributed by atoms with van der Waals surface area (Å²) in [6.45, 7) is 0. The molecule has 294 valence electrons. The molecule has 3 nitrogen and oxygen atoms in total. The zero-order valence-corrected chi connectivity index (χ0v) is 34.3. The molecule has 4 heterocycles. The fraction of sp³-hybridized carbons (Fsp3) is 0.0500. The van der Waals surface area contributed by atoms with Gasteiger partial charge in [-0.15, -0.1) is 0 Å². The average molecular weight is 803 g/mol. The Hall–Kier alpha value is -8.01. The number of nitrogens with zero attached hydrogens (tertiary/aromatic N) is 2. The van der Waals surface area contributed by atoms with E-state index in [2.05, 4.69) is 211 Å². The van der Waals surface area contributed by atoms with Crippen LogP contribution >= 0.6 is 0 Å². The predicted octanol–water partition coefficient (Wildman–Crippen LogP) is 15.4. The largest absolute Gasteiger partial charge is 0.456 e. The molecule has 0 fully saturated rings. The molecule has 63 heavy (non-hydrogen) atoms. The van der Waals surface area contributed by atoms with Gasteiger partial charge in [-0.1, -0.05) is 170 Å². The van der Waals surface area contributed by atoms with Crippen molar-refractivity contribution < 1.29 is 4.42 Å². The van der Waals surface area contributed by atoms with Crippen molar-refractivity contribution in [1.82, 2.24) is 9.55 Å². The van der Waals surface area contributed by atoms with Crippen LogP contribution in [0, 0.1) is 0 Å². The number of fused-ring (bicyclic) bond motifs is 14. The van der Waals surface area contributed by atoms with Crippen molar-refractivity contribution in [3.8, 4) is 39.3 Å². The predicted molar refractivity (Wildman–Crippen MR) is 259 cm³/mol. The molecule has 14 rings (SSSR count). The Bertz CT molecular complexity index is 3730. The van der Waals surface area contributed by atoms with E-state index in [1.54, 1.807) is 0 Å². The summed E-state index contributed by atoms with van der Waals surface area (Å²) in [6.07, 6.45) is 4.35. The molecule has 0 radical (unpaired) electrons. The van der Waals surface area contributed by atoms with Crippen molar-refractivity contribution in [3.63, 3.8) is 0 Å². The van der Waals surface area contributed by atoms with Gasteiger partial charge in [-0.3, -0.25) is 0 Å². The van der Waals surface area contributed by atoms with Crippen LogP contribution in [-0.2, 0) is 5.41 Å². The third-order valence-corrected chi connectivity index (χ3v) is 14.2. The lowest BCUT2D eigenvalue weighted by molar-refractivity contribution is 0.669. The molecule has 3 aliphatic rings. The standard InChI is InChI=1S/C60H38N2O/c1-3-16-37(17-4-1)40-35-51(38-18-5-2-6-19-38)61-52(36-40)44-24-14-26-49-57(44)46-34-39(41-22-15-31-56-58(41)45-21-8-12-30-55(45)63-56)32-33-47(46)60(49)48-25-9-11-29-54(48)62-53-28-10-7-20-42(53)43-23-13-27-50(60)59(43)62/h1-31,34-36H,32-33H2. The SMILES string of the molecule is C1=C(c2cccc3oc4ccccc4c23)CCC2=C1c1c(-c3cc(-c4ccccc4)cc(-c4ccccc4)n3)cccc1C21c2ccccc2-n2c3ccccc3c3cccc1c32. The van der Waals surface area contributed by atoms with Crippen LogP contribution < -0.4 is 0 Å². The lowest BCUT2D eigenvalue weighted by Gasteiger charge is -2.41. The first-order valence-corrected chi connectivity index (χ1v) is 22.0. The van der Waals surface area contributed by atoms with Crippen LogP contribution in [0.2, 0.25) is 0 Å². The Morgan fingerprint density at radius 1 is 0.476 bits per heavy atom. The number of hydrogen-bond acceptors (Lipinski definition) is 2. The Morgan fingerprint density at radius 2 is 1.13 bits per heavy atom. The van der Waals surface area contributed by atoms with Gasteiger partial charge in [-0.2, -0.15) is 0 Å². The monoisotopic (exact) mass is 802 g/mol. The van der Waals surface area contributed by atoms with Gasteiger partial charge in [-0.05, 0) is 105 Å². The van der Waals surface area contributed by atoms with E-state index in [9.17, 15) is 0 Å². The third kappa shape index (κ3) is 4.71. The van der Waals surface area contributed by atoms with Crippen molar-refractivity contribution in [2.75, 3.05) is 0 Å². The molecule has 1 atom stereocenters. The lowest BCUT2D eigenvalue weighted by atomic mass is 9.63. The van der Waals surface area contributed by atoms with E-state index >= 15 is 0 Å². The van der Waals surface area contributed by atoms with E-state index < -0.39 is 5.41 Å². The van der Waals surface area contributed by atoms with E-state index in [-0.39, 0.29) is 0 Å². The number of para-hydroxylation sites is 4. The molecule has 1 unspecified atom stereocenters. The van der Waals surface area contributed by atoms with Gasteiger partial charge in [0.1, 0.15) is 11.2 Å². The smallest absolute Gasteiger partial charge is 0.136 e. The number of allylic oxidation sites excluding steroid dienone is 4. The van der Waals surface area contributed by atoms with E-state index in [4.69, 9.17) is 9.40 Å². The molecule has 2 aliphatic carbocycles. The van der Waals surface area contributed by atoms with Crippen molar-refractivity contribution in [1.29, 1.82) is 0 Å². The Labute approximate surface area is 364 Å². The number of pyridine rings is 1. The van der Waals surface area contributed by atoms with Crippen LogP contribution in [0.25, 0.3) is 94.2 Å². The Balaban J connectivity index is 1.11. The summed E-state index contributed by atoms with van der Waals surface area (Å²) in [7, 11) is 0. The zero-order chi connectivity index (χ0) is 41.2. The quantitative estimate of drug-likeness (QED) is 0.177. The van der Waals surface area contributed by atoms with Crippen molar-refractivity contribution >= 4 is 54.9 Å². The van der Waals surface area contributed by atoms with E-state index in [1.807, 2.05) is 0 Å².